The number of likely N-dealkylation sites (tertiary alicyclic amines) is 1. The van der Waals surface area contributed by atoms with Gasteiger partial charge >= 0.3 is 0 Å². The van der Waals surface area contributed by atoms with E-state index in [1.54, 1.807) is 0 Å². The second-order valence-corrected chi connectivity index (χ2v) is 4.31. The topological polar surface area (TPSA) is 3.24 Å². The molecule has 0 unspecified atom stereocenters. The van der Waals surface area contributed by atoms with E-state index in [-0.39, 0.29) is 6.54 Å². The summed E-state index contributed by atoms with van der Waals surface area (Å²) in [5, 5.41) is 0. The molecule has 1 rings (SSSR count). The third-order valence-corrected chi connectivity index (χ3v) is 2.62. The molecule has 1 aliphatic heterocycles. The Bertz CT molecular complexity index is 132. The van der Waals surface area contributed by atoms with Crippen LogP contribution in [0.1, 0.15) is 33.1 Å². The van der Waals surface area contributed by atoms with E-state index in [1.165, 1.54) is 0 Å². The molecule has 3 heteroatoms. The van der Waals surface area contributed by atoms with Crippen LogP contribution in [0.4, 0.5) is 8.78 Å². The van der Waals surface area contributed by atoms with Crippen molar-refractivity contribution in [1.82, 2.24) is 4.90 Å². The van der Waals surface area contributed by atoms with Crippen LogP contribution in [0, 0.1) is 5.92 Å². The van der Waals surface area contributed by atoms with Crippen LogP contribution in [0.25, 0.3) is 0 Å². The van der Waals surface area contributed by atoms with Crippen molar-refractivity contribution in [3.63, 3.8) is 0 Å². The van der Waals surface area contributed by atoms with Gasteiger partial charge in [0.25, 0.3) is 6.43 Å². The Morgan fingerprint density at radius 1 is 1.38 bits per heavy atom. The minimum atomic E-state index is -2.17. The summed E-state index contributed by atoms with van der Waals surface area (Å²) < 4.78 is 24.3. The van der Waals surface area contributed by atoms with Gasteiger partial charge < -0.3 is 0 Å². The van der Waals surface area contributed by atoms with E-state index in [4.69, 9.17) is 0 Å². The van der Waals surface area contributed by atoms with Crippen LogP contribution < -0.4 is 0 Å². The lowest BCUT2D eigenvalue weighted by Crippen LogP contribution is -2.34. The fourth-order valence-corrected chi connectivity index (χ4v) is 2.12. The van der Waals surface area contributed by atoms with E-state index in [2.05, 4.69) is 13.8 Å². The number of hydrogen-bond donors (Lipinski definition) is 0. The molecule has 0 bridgehead atoms. The molecule has 0 N–H and O–H groups in total. The summed E-state index contributed by atoms with van der Waals surface area (Å²) in [4.78, 5) is 1.95. The lowest BCUT2D eigenvalue weighted by Gasteiger charge is -2.25. The number of alkyl halides is 2. The van der Waals surface area contributed by atoms with E-state index < -0.39 is 6.43 Å². The van der Waals surface area contributed by atoms with E-state index in [0.717, 1.165) is 25.8 Å². The minimum absolute atomic E-state index is 0.0304. The highest BCUT2D eigenvalue weighted by molar-refractivity contribution is 4.80. The first kappa shape index (κ1) is 10.9. The SMILES string of the molecule is CC(C)C[C@H]1CCCN1CC(F)F. The average Bonchev–Trinajstić information content (AvgIpc) is 2.34. The first-order chi connectivity index (χ1) is 6.09. The van der Waals surface area contributed by atoms with Crippen molar-refractivity contribution in [2.75, 3.05) is 13.1 Å². The molecular weight excluding hydrogens is 172 g/mol. The molecule has 0 aromatic carbocycles. The van der Waals surface area contributed by atoms with Crippen molar-refractivity contribution in [2.24, 2.45) is 5.92 Å². The van der Waals surface area contributed by atoms with Crippen LogP contribution in [0.3, 0.4) is 0 Å². The van der Waals surface area contributed by atoms with Crippen molar-refractivity contribution >= 4 is 0 Å². The summed E-state index contributed by atoms with van der Waals surface area (Å²) in [6.07, 6.45) is 1.08. The molecule has 1 aliphatic rings. The van der Waals surface area contributed by atoms with E-state index in [9.17, 15) is 8.78 Å². The Morgan fingerprint density at radius 2 is 2.08 bits per heavy atom. The summed E-state index contributed by atoms with van der Waals surface area (Å²) in [5.74, 6) is 0.614. The molecule has 1 atom stereocenters. The van der Waals surface area contributed by atoms with Gasteiger partial charge in [-0.1, -0.05) is 13.8 Å². The first-order valence-electron chi connectivity index (χ1n) is 5.11. The normalized spacial score (nSPS) is 24.9. The average molecular weight is 191 g/mol. The summed E-state index contributed by atoms with van der Waals surface area (Å²) in [5.41, 5.74) is 0. The molecular formula is C10H19F2N. The van der Waals surface area contributed by atoms with E-state index in [1.807, 2.05) is 4.90 Å². The predicted octanol–water partition coefficient (Wildman–Crippen LogP) is 2.76. The zero-order chi connectivity index (χ0) is 9.84. The summed E-state index contributed by atoms with van der Waals surface area (Å²) in [6, 6.07) is 0.411. The van der Waals surface area contributed by atoms with Crippen molar-refractivity contribution in [3.05, 3.63) is 0 Å². The monoisotopic (exact) mass is 191 g/mol. The van der Waals surface area contributed by atoms with Gasteiger partial charge in [-0.15, -0.1) is 0 Å². The highest BCUT2D eigenvalue weighted by Crippen LogP contribution is 2.23. The number of nitrogens with zero attached hydrogens (tertiary/aromatic N) is 1. The van der Waals surface area contributed by atoms with Crippen molar-refractivity contribution in [1.29, 1.82) is 0 Å². The Kier molecular flexibility index (Phi) is 4.10. The van der Waals surface area contributed by atoms with Crippen LogP contribution in [-0.2, 0) is 0 Å². The first-order valence-corrected chi connectivity index (χ1v) is 5.11. The summed E-state index contributed by atoms with van der Waals surface area (Å²) in [6.45, 7) is 5.14. The maximum absolute atomic E-state index is 12.2. The molecule has 13 heavy (non-hydrogen) atoms. The molecule has 1 heterocycles. The number of halogens is 2. The molecule has 1 nitrogen and oxygen atoms in total. The second kappa shape index (κ2) is 4.89. The van der Waals surface area contributed by atoms with Gasteiger partial charge in [-0.25, -0.2) is 8.78 Å². The van der Waals surface area contributed by atoms with Crippen molar-refractivity contribution in [3.8, 4) is 0 Å². The highest BCUT2D eigenvalue weighted by Gasteiger charge is 2.26. The predicted molar refractivity (Wildman–Crippen MR) is 50.1 cm³/mol. The van der Waals surface area contributed by atoms with Gasteiger partial charge in [-0.05, 0) is 31.7 Å². The van der Waals surface area contributed by atoms with E-state index >= 15 is 0 Å². The Labute approximate surface area is 79.1 Å². The molecule has 0 aromatic heterocycles. The lowest BCUT2D eigenvalue weighted by atomic mass is 10.0. The number of hydrogen-bond acceptors (Lipinski definition) is 1. The van der Waals surface area contributed by atoms with Gasteiger partial charge in [-0.3, -0.25) is 4.90 Å². The van der Waals surface area contributed by atoms with Crippen LogP contribution >= 0.6 is 0 Å². The molecule has 0 saturated carbocycles. The van der Waals surface area contributed by atoms with Crippen LogP contribution in [0.2, 0.25) is 0 Å². The lowest BCUT2D eigenvalue weighted by molar-refractivity contribution is 0.0777. The summed E-state index contributed by atoms with van der Waals surface area (Å²) in [7, 11) is 0. The molecule has 0 radical (unpaired) electrons. The van der Waals surface area contributed by atoms with E-state index in [0.29, 0.717) is 12.0 Å². The molecule has 0 aliphatic carbocycles. The third kappa shape index (κ3) is 3.59. The van der Waals surface area contributed by atoms with Gasteiger partial charge in [0, 0.05) is 6.04 Å². The fourth-order valence-electron chi connectivity index (χ4n) is 2.12. The Hall–Kier alpha value is -0.180. The van der Waals surface area contributed by atoms with Crippen molar-refractivity contribution < 1.29 is 8.78 Å². The van der Waals surface area contributed by atoms with Crippen molar-refractivity contribution in [2.45, 2.75) is 45.6 Å². The van der Waals surface area contributed by atoms with Gasteiger partial charge in [0.15, 0.2) is 0 Å². The zero-order valence-corrected chi connectivity index (χ0v) is 8.47. The van der Waals surface area contributed by atoms with Crippen LogP contribution in [-0.4, -0.2) is 30.5 Å². The minimum Gasteiger partial charge on any atom is -0.295 e. The van der Waals surface area contributed by atoms with Crippen LogP contribution in [0.15, 0.2) is 0 Å². The highest BCUT2D eigenvalue weighted by atomic mass is 19.3. The second-order valence-electron chi connectivity index (χ2n) is 4.31. The molecule has 0 amide bonds. The quantitative estimate of drug-likeness (QED) is 0.660. The van der Waals surface area contributed by atoms with Gasteiger partial charge in [0.2, 0.25) is 0 Å². The smallest absolute Gasteiger partial charge is 0.251 e. The fraction of sp³-hybridized carbons (Fsp3) is 1.00. The maximum Gasteiger partial charge on any atom is 0.251 e. The van der Waals surface area contributed by atoms with Crippen LogP contribution in [0.5, 0.6) is 0 Å². The van der Waals surface area contributed by atoms with Gasteiger partial charge in [-0.2, -0.15) is 0 Å². The Morgan fingerprint density at radius 3 is 2.62 bits per heavy atom. The Balaban J connectivity index is 2.35. The third-order valence-electron chi connectivity index (χ3n) is 2.62. The van der Waals surface area contributed by atoms with Gasteiger partial charge in [0.1, 0.15) is 0 Å². The molecule has 78 valence electrons. The largest absolute Gasteiger partial charge is 0.295 e. The number of rotatable bonds is 4. The molecule has 1 saturated heterocycles. The maximum atomic E-state index is 12.2. The zero-order valence-electron chi connectivity index (χ0n) is 8.47. The summed E-state index contributed by atoms with van der Waals surface area (Å²) >= 11 is 0. The molecule has 1 fully saturated rings. The molecule has 0 aromatic rings. The molecule has 0 spiro atoms. The standard InChI is InChI=1S/C10H19F2N/c1-8(2)6-9-4-3-5-13(9)7-10(11)12/h8-10H,3-7H2,1-2H3/t9-/m1/s1. The van der Waals surface area contributed by atoms with Gasteiger partial charge in [0.05, 0.1) is 6.54 Å².